The molecule has 2 N–H and O–H groups in total. The molecular formula is C21H29N3O3. The van der Waals surface area contributed by atoms with Crippen molar-refractivity contribution in [3.8, 4) is 0 Å². The molecule has 2 aliphatic rings. The van der Waals surface area contributed by atoms with E-state index in [1.54, 1.807) is 0 Å². The highest BCUT2D eigenvalue weighted by molar-refractivity contribution is 6.10. The van der Waals surface area contributed by atoms with Crippen LogP contribution in [-0.2, 0) is 16.0 Å². The van der Waals surface area contributed by atoms with Crippen LogP contribution in [0.1, 0.15) is 57.9 Å². The molecule has 1 aliphatic heterocycles. The molecule has 6 nitrogen and oxygen atoms in total. The molecule has 0 aromatic heterocycles. The average molecular weight is 371 g/mol. The van der Waals surface area contributed by atoms with Crippen molar-refractivity contribution < 1.29 is 14.4 Å². The number of nitrogens with one attached hydrogen (secondary N) is 2. The SMILES string of the molecule is CCCCc1ccc(NC(=O)CN2C(=O)N[C@@]3(CCCC[C@@H]3C)C2=O)cc1. The molecule has 3 rings (SSSR count). The molecule has 2 atom stereocenters. The predicted octanol–water partition coefficient (Wildman–Crippen LogP) is 3.47. The van der Waals surface area contributed by atoms with Gasteiger partial charge in [0.05, 0.1) is 0 Å². The number of rotatable bonds is 6. The van der Waals surface area contributed by atoms with Gasteiger partial charge in [-0.05, 0) is 49.3 Å². The van der Waals surface area contributed by atoms with Crippen molar-refractivity contribution in [3.05, 3.63) is 29.8 Å². The van der Waals surface area contributed by atoms with E-state index in [9.17, 15) is 14.4 Å². The van der Waals surface area contributed by atoms with Crippen LogP contribution in [-0.4, -0.2) is 34.8 Å². The lowest BCUT2D eigenvalue weighted by Gasteiger charge is -2.36. The lowest BCUT2D eigenvalue weighted by molar-refractivity contribution is -0.136. The summed E-state index contributed by atoms with van der Waals surface area (Å²) in [6, 6.07) is 7.26. The minimum atomic E-state index is -0.823. The minimum absolute atomic E-state index is 0.0893. The van der Waals surface area contributed by atoms with Crippen molar-refractivity contribution in [2.24, 2.45) is 5.92 Å². The van der Waals surface area contributed by atoms with Crippen LogP contribution in [0.5, 0.6) is 0 Å². The van der Waals surface area contributed by atoms with E-state index < -0.39 is 11.6 Å². The number of imide groups is 1. The molecule has 0 bridgehead atoms. The first kappa shape index (κ1) is 19.4. The van der Waals surface area contributed by atoms with Crippen LogP contribution in [0.3, 0.4) is 0 Å². The lowest BCUT2D eigenvalue weighted by atomic mass is 9.73. The molecule has 1 saturated carbocycles. The zero-order valence-corrected chi connectivity index (χ0v) is 16.2. The third-order valence-corrected chi connectivity index (χ3v) is 5.86. The maximum atomic E-state index is 12.9. The summed E-state index contributed by atoms with van der Waals surface area (Å²) in [7, 11) is 0. The number of nitrogens with zero attached hydrogens (tertiary/aromatic N) is 1. The zero-order chi connectivity index (χ0) is 19.4. The fourth-order valence-electron chi connectivity index (χ4n) is 4.12. The molecular weight excluding hydrogens is 342 g/mol. The number of carbonyl (C=O) groups is 3. The summed E-state index contributed by atoms with van der Waals surface area (Å²) in [6.07, 6.45) is 6.85. The van der Waals surface area contributed by atoms with E-state index >= 15 is 0 Å². The standard InChI is InChI=1S/C21H29N3O3/c1-3-4-8-16-9-11-17(12-10-16)22-18(25)14-24-19(26)21(23-20(24)27)13-6-5-7-15(21)2/h9-12,15H,3-8,13-14H2,1-2H3,(H,22,25)(H,23,27)/t15-,21+/m0/s1. The number of unbranched alkanes of at least 4 members (excludes halogenated alkanes) is 1. The summed E-state index contributed by atoms with van der Waals surface area (Å²) in [5.41, 5.74) is 1.08. The van der Waals surface area contributed by atoms with E-state index in [0.29, 0.717) is 12.1 Å². The molecule has 4 amide bonds. The van der Waals surface area contributed by atoms with E-state index in [-0.39, 0.29) is 24.3 Å². The first-order valence-electron chi connectivity index (χ1n) is 9.99. The van der Waals surface area contributed by atoms with Gasteiger partial charge in [0, 0.05) is 5.69 Å². The molecule has 2 fully saturated rings. The second kappa shape index (κ2) is 8.11. The number of urea groups is 1. The third kappa shape index (κ3) is 3.99. The second-order valence-electron chi connectivity index (χ2n) is 7.79. The lowest BCUT2D eigenvalue weighted by Crippen LogP contribution is -2.54. The van der Waals surface area contributed by atoms with Gasteiger partial charge in [0.2, 0.25) is 5.91 Å². The number of hydrogen-bond acceptors (Lipinski definition) is 3. The topological polar surface area (TPSA) is 78.5 Å². The molecule has 1 heterocycles. The molecule has 1 spiro atoms. The Bertz CT molecular complexity index is 716. The van der Waals surface area contributed by atoms with Crippen molar-refractivity contribution in [1.29, 1.82) is 0 Å². The Balaban J connectivity index is 1.60. The van der Waals surface area contributed by atoms with Crippen LogP contribution in [0.15, 0.2) is 24.3 Å². The summed E-state index contributed by atoms with van der Waals surface area (Å²) in [4.78, 5) is 38.7. The van der Waals surface area contributed by atoms with Crippen molar-refractivity contribution >= 4 is 23.5 Å². The third-order valence-electron chi connectivity index (χ3n) is 5.86. The van der Waals surface area contributed by atoms with Crippen molar-refractivity contribution in [2.45, 2.75) is 64.3 Å². The number of benzene rings is 1. The van der Waals surface area contributed by atoms with Crippen molar-refractivity contribution in [2.75, 3.05) is 11.9 Å². The summed E-state index contributed by atoms with van der Waals surface area (Å²) in [5, 5.41) is 5.66. The second-order valence-corrected chi connectivity index (χ2v) is 7.79. The molecule has 0 radical (unpaired) electrons. The summed E-state index contributed by atoms with van der Waals surface area (Å²) in [5.74, 6) is -0.531. The number of anilines is 1. The highest BCUT2D eigenvalue weighted by Crippen LogP contribution is 2.38. The Hall–Kier alpha value is -2.37. The normalized spacial score (nSPS) is 25.0. The quantitative estimate of drug-likeness (QED) is 0.752. The van der Waals surface area contributed by atoms with Gasteiger partial charge in [-0.25, -0.2) is 4.79 Å². The van der Waals surface area contributed by atoms with Gasteiger partial charge in [-0.2, -0.15) is 0 Å². The summed E-state index contributed by atoms with van der Waals surface area (Å²) in [6.45, 7) is 3.90. The smallest absolute Gasteiger partial charge is 0.325 e. The fraction of sp³-hybridized carbons (Fsp3) is 0.571. The van der Waals surface area contributed by atoms with Crippen LogP contribution in [0.2, 0.25) is 0 Å². The van der Waals surface area contributed by atoms with Crippen LogP contribution in [0, 0.1) is 5.92 Å². The first-order chi connectivity index (χ1) is 13.0. The molecule has 1 aromatic carbocycles. The number of amides is 4. The Kier molecular flexibility index (Phi) is 5.82. The average Bonchev–Trinajstić information content (AvgIpc) is 2.88. The fourth-order valence-corrected chi connectivity index (χ4v) is 4.12. The molecule has 1 aliphatic carbocycles. The molecule has 0 unspecified atom stereocenters. The van der Waals surface area contributed by atoms with Crippen molar-refractivity contribution in [3.63, 3.8) is 0 Å². The molecule has 27 heavy (non-hydrogen) atoms. The molecule has 146 valence electrons. The highest BCUT2D eigenvalue weighted by atomic mass is 16.2. The Morgan fingerprint density at radius 1 is 1.26 bits per heavy atom. The van der Waals surface area contributed by atoms with Gasteiger partial charge in [0.15, 0.2) is 0 Å². The maximum absolute atomic E-state index is 12.9. The zero-order valence-electron chi connectivity index (χ0n) is 16.2. The van der Waals surface area contributed by atoms with E-state index in [0.717, 1.165) is 43.4 Å². The van der Waals surface area contributed by atoms with Gasteiger partial charge < -0.3 is 10.6 Å². The van der Waals surface area contributed by atoms with Gasteiger partial charge in [0.1, 0.15) is 12.1 Å². The van der Waals surface area contributed by atoms with Crippen LogP contribution in [0.25, 0.3) is 0 Å². The Morgan fingerprint density at radius 2 is 2.00 bits per heavy atom. The summed E-state index contributed by atoms with van der Waals surface area (Å²) >= 11 is 0. The number of aryl methyl sites for hydroxylation is 1. The van der Waals surface area contributed by atoms with E-state index in [2.05, 4.69) is 17.6 Å². The van der Waals surface area contributed by atoms with Gasteiger partial charge >= 0.3 is 6.03 Å². The monoisotopic (exact) mass is 371 g/mol. The van der Waals surface area contributed by atoms with Crippen molar-refractivity contribution in [1.82, 2.24) is 10.2 Å². The van der Waals surface area contributed by atoms with Crippen LogP contribution in [0.4, 0.5) is 10.5 Å². The molecule has 1 aromatic rings. The first-order valence-corrected chi connectivity index (χ1v) is 9.99. The number of hydrogen-bond donors (Lipinski definition) is 2. The van der Waals surface area contributed by atoms with Gasteiger partial charge in [-0.3, -0.25) is 14.5 Å². The molecule has 1 saturated heterocycles. The van der Waals surface area contributed by atoms with Gasteiger partial charge in [0.25, 0.3) is 5.91 Å². The van der Waals surface area contributed by atoms with E-state index in [1.165, 1.54) is 5.56 Å². The number of carbonyl (C=O) groups excluding carboxylic acids is 3. The van der Waals surface area contributed by atoms with E-state index in [1.807, 2.05) is 31.2 Å². The molecule has 6 heteroatoms. The largest absolute Gasteiger partial charge is 0.325 e. The maximum Gasteiger partial charge on any atom is 0.325 e. The predicted molar refractivity (Wildman–Crippen MR) is 104 cm³/mol. The van der Waals surface area contributed by atoms with Crippen LogP contribution < -0.4 is 10.6 Å². The van der Waals surface area contributed by atoms with Gasteiger partial charge in [-0.15, -0.1) is 0 Å². The van der Waals surface area contributed by atoms with E-state index in [4.69, 9.17) is 0 Å². The Morgan fingerprint density at radius 3 is 2.67 bits per heavy atom. The van der Waals surface area contributed by atoms with Crippen LogP contribution >= 0.6 is 0 Å². The Labute approximate surface area is 160 Å². The van der Waals surface area contributed by atoms with Gasteiger partial charge in [-0.1, -0.05) is 45.2 Å². The summed E-state index contributed by atoms with van der Waals surface area (Å²) < 4.78 is 0. The minimum Gasteiger partial charge on any atom is -0.325 e. The highest BCUT2D eigenvalue weighted by Gasteiger charge is 2.55.